The molecule has 3 rings (SSSR count). The number of nitrogens with two attached hydrogens (primary N) is 1. The topological polar surface area (TPSA) is 250 Å². The van der Waals surface area contributed by atoms with Crippen molar-refractivity contribution in [1.29, 1.82) is 0 Å². The summed E-state index contributed by atoms with van der Waals surface area (Å²) in [5, 5.41) is 10.4. The highest BCUT2D eigenvalue weighted by Crippen LogP contribution is 2.66. The van der Waals surface area contributed by atoms with E-state index in [-0.39, 0.29) is 35.1 Å². The van der Waals surface area contributed by atoms with Gasteiger partial charge in [-0.05, 0) is 24.4 Å². The Morgan fingerprint density at radius 2 is 1.91 bits per heavy atom. The average molecular weight is 548 g/mol. The van der Waals surface area contributed by atoms with Gasteiger partial charge in [-0.3, -0.25) is 4.52 Å². The van der Waals surface area contributed by atoms with Gasteiger partial charge in [-0.25, -0.2) is 18.7 Å². The van der Waals surface area contributed by atoms with Crippen molar-refractivity contribution in [3.05, 3.63) is 11.6 Å². The Balaban J connectivity index is 1.78. The molecule has 0 bridgehead atoms. The second-order valence-corrected chi connectivity index (χ2v) is 11.7. The third-order valence-electron chi connectivity index (χ3n) is 4.74. The lowest BCUT2D eigenvalue weighted by Gasteiger charge is -2.27. The van der Waals surface area contributed by atoms with Crippen LogP contribution in [0.1, 0.15) is 18.9 Å². The molecule has 0 radical (unpaired) electrons. The third kappa shape index (κ3) is 5.98. The first-order valence-electron chi connectivity index (χ1n) is 8.66. The van der Waals surface area contributed by atoms with Crippen LogP contribution < -0.4 is 5.73 Å². The molecule has 182 valence electrons. The Hall–Kier alpha value is -1.43. The lowest BCUT2D eigenvalue weighted by atomic mass is 9.86. The van der Waals surface area contributed by atoms with E-state index in [0.29, 0.717) is 0 Å². The van der Waals surface area contributed by atoms with E-state index in [0.717, 1.165) is 0 Å². The Labute approximate surface area is 190 Å². The molecule has 0 saturated heterocycles. The number of phosphoric ester groups is 1. The number of hydrogen-bond donors (Lipinski definition) is 6. The molecule has 1 aliphatic carbocycles. The number of nitrogens with zero attached hydrogens (tertiary/aromatic N) is 4. The number of aliphatic hydroxyl groups is 1. The first kappa shape index (κ1) is 26.2. The maximum atomic E-state index is 12.0. The summed E-state index contributed by atoms with van der Waals surface area (Å²) in [6, 6.07) is -0.545. The van der Waals surface area contributed by atoms with Crippen LogP contribution in [0.4, 0.5) is 5.82 Å². The van der Waals surface area contributed by atoms with Crippen LogP contribution in [0.3, 0.4) is 0 Å². The molecule has 1 saturated carbocycles. The molecule has 1 aliphatic rings. The van der Waals surface area contributed by atoms with Crippen LogP contribution >= 0.6 is 35.1 Å². The minimum atomic E-state index is -5.70. The first-order valence-corrected chi connectivity index (χ1v) is 13.6. The fourth-order valence-electron chi connectivity index (χ4n) is 3.36. The Morgan fingerprint density at radius 3 is 2.52 bits per heavy atom. The van der Waals surface area contributed by atoms with Gasteiger partial charge in [0.1, 0.15) is 5.52 Å². The number of anilines is 1. The molecule has 5 atom stereocenters. The van der Waals surface area contributed by atoms with Gasteiger partial charge in [-0.2, -0.15) is 18.6 Å². The number of hydrogen-bond acceptors (Lipinski definition) is 11. The minimum absolute atomic E-state index is 0.0247. The normalized spacial score (nSPS) is 27.2. The highest BCUT2D eigenvalue weighted by Gasteiger charge is 2.49. The number of aliphatic hydroxyl groups excluding tert-OH is 1. The molecule has 33 heavy (non-hydrogen) atoms. The number of imidazole rings is 1. The third-order valence-corrected chi connectivity index (χ3v) is 8.69. The zero-order valence-electron chi connectivity index (χ0n) is 16.2. The molecular weight excluding hydrogens is 531 g/mol. The summed E-state index contributed by atoms with van der Waals surface area (Å²) in [6.07, 6.45) is 5.63. The van der Waals surface area contributed by atoms with E-state index in [1.165, 1.54) is 10.9 Å². The van der Waals surface area contributed by atoms with Gasteiger partial charge in [0, 0.05) is 6.04 Å². The van der Waals surface area contributed by atoms with E-state index < -0.39 is 47.6 Å². The summed E-state index contributed by atoms with van der Waals surface area (Å²) in [5.74, 6) is 2.32. The Bertz CT molecular complexity index is 1260. The van der Waals surface area contributed by atoms with Gasteiger partial charge in [-0.1, -0.05) is 5.92 Å². The molecule has 0 amide bonds. The van der Waals surface area contributed by atoms with Crippen molar-refractivity contribution in [2.24, 2.45) is 5.41 Å². The molecule has 0 aromatic carbocycles. The van der Waals surface area contributed by atoms with E-state index in [1.54, 1.807) is 0 Å². The van der Waals surface area contributed by atoms with Crippen molar-refractivity contribution in [2.45, 2.75) is 25.0 Å². The number of halogens is 1. The van der Waals surface area contributed by atoms with E-state index >= 15 is 0 Å². The molecule has 7 N–H and O–H groups in total. The van der Waals surface area contributed by atoms with Gasteiger partial charge >= 0.3 is 23.5 Å². The molecule has 2 aromatic rings. The van der Waals surface area contributed by atoms with Crippen LogP contribution in [0.15, 0.2) is 6.33 Å². The summed E-state index contributed by atoms with van der Waals surface area (Å²) < 4.78 is 47.7. The second-order valence-electron chi connectivity index (χ2n) is 6.98. The second kappa shape index (κ2) is 8.98. The fraction of sp³-hybridized carbons (Fsp3) is 0.462. The van der Waals surface area contributed by atoms with E-state index in [9.17, 15) is 28.6 Å². The van der Waals surface area contributed by atoms with Crippen molar-refractivity contribution in [2.75, 3.05) is 12.3 Å². The van der Waals surface area contributed by atoms with Crippen molar-refractivity contribution < 1.29 is 51.5 Å². The molecule has 20 heteroatoms. The molecular formula is C13H17ClN5O11P3. The highest BCUT2D eigenvalue weighted by atomic mass is 35.5. The summed E-state index contributed by atoms with van der Waals surface area (Å²) >= 11 is 5.84. The number of phosphoric acid groups is 3. The van der Waals surface area contributed by atoms with Crippen LogP contribution in [0.25, 0.3) is 11.2 Å². The van der Waals surface area contributed by atoms with Gasteiger partial charge in [0.15, 0.2) is 11.5 Å². The minimum Gasteiger partial charge on any atom is -0.391 e. The molecule has 0 aliphatic heterocycles. The average Bonchev–Trinajstić information content (AvgIpc) is 3.18. The van der Waals surface area contributed by atoms with Crippen LogP contribution in [0, 0.1) is 17.8 Å². The molecule has 16 nitrogen and oxygen atoms in total. The maximum absolute atomic E-state index is 12.0. The largest absolute Gasteiger partial charge is 0.490 e. The van der Waals surface area contributed by atoms with Crippen molar-refractivity contribution in [3.8, 4) is 12.3 Å². The van der Waals surface area contributed by atoms with Crippen LogP contribution in [0.2, 0.25) is 5.28 Å². The monoisotopic (exact) mass is 547 g/mol. The van der Waals surface area contributed by atoms with E-state index in [2.05, 4.69) is 34.0 Å². The molecule has 2 heterocycles. The van der Waals surface area contributed by atoms with Crippen molar-refractivity contribution >= 4 is 52.1 Å². The zero-order valence-corrected chi connectivity index (χ0v) is 19.6. The molecule has 1 fully saturated rings. The number of aromatic nitrogens is 4. The number of nitrogen functional groups attached to an aromatic ring is 1. The predicted octanol–water partition coefficient (Wildman–Crippen LogP) is 0.721. The summed E-state index contributed by atoms with van der Waals surface area (Å²) in [6.45, 7) is -0.838. The van der Waals surface area contributed by atoms with E-state index in [1.807, 2.05) is 0 Å². The maximum Gasteiger partial charge on any atom is 0.490 e. The van der Waals surface area contributed by atoms with Gasteiger partial charge < -0.3 is 35.0 Å². The fourth-order valence-corrected chi connectivity index (χ4v) is 6.62. The van der Waals surface area contributed by atoms with Gasteiger partial charge in [0.25, 0.3) is 0 Å². The zero-order chi connectivity index (χ0) is 24.8. The lowest BCUT2D eigenvalue weighted by Crippen LogP contribution is -2.33. The van der Waals surface area contributed by atoms with E-state index in [4.69, 9.17) is 33.5 Å². The summed E-state index contributed by atoms with van der Waals surface area (Å²) in [4.78, 5) is 48.0. The lowest BCUT2D eigenvalue weighted by molar-refractivity contribution is 0.0443. The van der Waals surface area contributed by atoms with Crippen LogP contribution in [0.5, 0.6) is 0 Å². The quantitative estimate of drug-likeness (QED) is 0.151. The van der Waals surface area contributed by atoms with Gasteiger partial charge in [-0.15, -0.1) is 6.42 Å². The van der Waals surface area contributed by atoms with Crippen LogP contribution in [-0.2, 0) is 26.8 Å². The molecule has 2 unspecified atom stereocenters. The number of terminal acetylenes is 1. The summed E-state index contributed by atoms with van der Waals surface area (Å²) in [7, 11) is -16.7. The highest BCUT2D eigenvalue weighted by molar-refractivity contribution is 7.66. The van der Waals surface area contributed by atoms with Crippen molar-refractivity contribution in [1.82, 2.24) is 19.5 Å². The molecule has 0 spiro atoms. The summed E-state index contributed by atoms with van der Waals surface area (Å²) in [5.41, 5.74) is 4.70. The molecule has 2 aromatic heterocycles. The van der Waals surface area contributed by atoms with Crippen molar-refractivity contribution in [3.63, 3.8) is 0 Å². The number of fused-ring (bicyclic) bond motifs is 1. The Kier molecular flexibility index (Phi) is 7.12. The number of rotatable bonds is 8. The Morgan fingerprint density at radius 1 is 1.24 bits per heavy atom. The van der Waals surface area contributed by atoms with Gasteiger partial charge in [0.2, 0.25) is 5.28 Å². The SMILES string of the molecule is C#C[C@@]1(COP(=O)(O)OP(=O)(O)OP(=O)(O)O)C[C@H](n2cnc3c(N)nc(Cl)nc32)C[C@H]1O. The van der Waals surface area contributed by atoms with Gasteiger partial charge in [0.05, 0.1) is 24.5 Å². The smallest absolute Gasteiger partial charge is 0.391 e. The van der Waals surface area contributed by atoms with Crippen LogP contribution in [-0.4, -0.2) is 56.9 Å². The first-order chi connectivity index (χ1) is 15.1. The predicted molar refractivity (Wildman–Crippen MR) is 110 cm³/mol. The standard InChI is InChI=1S/C13H17ClN5O11P3/c1-2-13(5-28-32(24,25)30-33(26,27)29-31(21,22)23)4-7(3-8(13)20)19-6-16-9-10(15)17-12(14)18-11(9)19/h1,6-8,20H,3-5H2,(H,24,25)(H,26,27)(H2,15,17,18)(H2,21,22,23)/t7-,8-,13+/m1/s1.